The van der Waals surface area contributed by atoms with Crippen molar-refractivity contribution in [3.63, 3.8) is 0 Å². The van der Waals surface area contributed by atoms with E-state index in [2.05, 4.69) is 0 Å². The predicted molar refractivity (Wildman–Crippen MR) is 94.1 cm³/mol. The minimum absolute atomic E-state index is 0.0270. The van der Waals surface area contributed by atoms with E-state index in [4.69, 9.17) is 0 Å². The van der Waals surface area contributed by atoms with Gasteiger partial charge < -0.3 is 5.11 Å². The van der Waals surface area contributed by atoms with Crippen LogP contribution < -0.4 is 0 Å². The summed E-state index contributed by atoms with van der Waals surface area (Å²) >= 11 is 0. The summed E-state index contributed by atoms with van der Waals surface area (Å²) in [7, 11) is 0. The maximum absolute atomic E-state index is 13.1. The molecule has 0 spiro atoms. The summed E-state index contributed by atoms with van der Waals surface area (Å²) in [5, 5.41) is 11.7. The molecular weight excluding hydrogens is 296 g/mol. The van der Waals surface area contributed by atoms with Crippen LogP contribution in [0.2, 0.25) is 0 Å². The lowest BCUT2D eigenvalue weighted by atomic mass is 9.77. The van der Waals surface area contributed by atoms with E-state index >= 15 is 0 Å². The second kappa shape index (κ2) is 5.43. The third-order valence-corrected chi connectivity index (χ3v) is 4.91. The van der Waals surface area contributed by atoms with Gasteiger partial charge in [-0.05, 0) is 23.6 Å². The van der Waals surface area contributed by atoms with Crippen LogP contribution in [0.5, 0.6) is 0 Å². The molecule has 0 fully saturated rings. The molecule has 3 aromatic carbocycles. The maximum atomic E-state index is 13.1. The van der Waals surface area contributed by atoms with Crippen molar-refractivity contribution in [1.82, 2.24) is 0 Å². The van der Waals surface area contributed by atoms with Gasteiger partial charge in [0.05, 0.1) is 5.92 Å². The summed E-state index contributed by atoms with van der Waals surface area (Å²) in [6.07, 6.45) is 0. The molecule has 1 aliphatic carbocycles. The van der Waals surface area contributed by atoms with Crippen LogP contribution >= 0.6 is 0 Å². The highest BCUT2D eigenvalue weighted by molar-refractivity contribution is 6.07. The molecule has 2 unspecified atom stereocenters. The molecule has 118 valence electrons. The van der Waals surface area contributed by atoms with E-state index in [1.165, 1.54) is 0 Å². The van der Waals surface area contributed by atoms with Crippen molar-refractivity contribution in [3.8, 4) is 0 Å². The van der Waals surface area contributed by atoms with Gasteiger partial charge in [0.2, 0.25) is 0 Å². The molecule has 4 rings (SSSR count). The molecule has 1 aliphatic rings. The van der Waals surface area contributed by atoms with Gasteiger partial charge in [0, 0.05) is 5.56 Å². The zero-order valence-corrected chi connectivity index (χ0v) is 13.4. The number of rotatable bonds is 2. The van der Waals surface area contributed by atoms with Crippen LogP contribution in [-0.2, 0) is 5.60 Å². The van der Waals surface area contributed by atoms with Crippen molar-refractivity contribution in [3.05, 3.63) is 107 Å². The summed E-state index contributed by atoms with van der Waals surface area (Å²) in [4.78, 5) is 13.1. The first-order valence-corrected chi connectivity index (χ1v) is 8.10. The Morgan fingerprint density at radius 3 is 2.17 bits per heavy atom. The van der Waals surface area contributed by atoms with E-state index in [9.17, 15) is 9.90 Å². The zero-order valence-electron chi connectivity index (χ0n) is 13.4. The van der Waals surface area contributed by atoms with Gasteiger partial charge in [0.25, 0.3) is 0 Å². The first kappa shape index (κ1) is 14.9. The van der Waals surface area contributed by atoms with Crippen molar-refractivity contribution in [2.45, 2.75) is 18.4 Å². The van der Waals surface area contributed by atoms with Gasteiger partial charge in [0.15, 0.2) is 5.78 Å². The van der Waals surface area contributed by atoms with Gasteiger partial charge in [-0.15, -0.1) is 0 Å². The van der Waals surface area contributed by atoms with Gasteiger partial charge in [-0.1, -0.05) is 84.4 Å². The van der Waals surface area contributed by atoms with E-state index in [0.717, 1.165) is 16.7 Å². The van der Waals surface area contributed by atoms with Crippen LogP contribution in [0, 0.1) is 6.92 Å². The van der Waals surface area contributed by atoms with Crippen molar-refractivity contribution in [2.24, 2.45) is 0 Å². The second-order valence-electron chi connectivity index (χ2n) is 6.39. The van der Waals surface area contributed by atoms with Crippen LogP contribution in [0.1, 0.15) is 38.5 Å². The van der Waals surface area contributed by atoms with Gasteiger partial charge in [0.1, 0.15) is 5.60 Å². The van der Waals surface area contributed by atoms with E-state index in [-0.39, 0.29) is 5.78 Å². The maximum Gasteiger partial charge on any atom is 0.174 e. The number of aryl methyl sites for hydroxylation is 1. The van der Waals surface area contributed by atoms with Crippen LogP contribution in [0.3, 0.4) is 0 Å². The number of benzene rings is 3. The molecule has 0 aliphatic heterocycles. The fourth-order valence-corrected chi connectivity index (χ4v) is 3.70. The standard InChI is InChI=1S/C22H18O2/c1-15-11-13-16(14-12-15)20-21(23)18-9-5-6-10-19(18)22(20,24)17-7-3-2-4-8-17/h2-14,20,24H,1H3. The van der Waals surface area contributed by atoms with Crippen molar-refractivity contribution in [2.75, 3.05) is 0 Å². The Hall–Kier alpha value is -2.71. The van der Waals surface area contributed by atoms with Crippen molar-refractivity contribution >= 4 is 5.78 Å². The van der Waals surface area contributed by atoms with Crippen LogP contribution in [-0.4, -0.2) is 10.9 Å². The fourth-order valence-electron chi connectivity index (χ4n) is 3.70. The summed E-state index contributed by atoms with van der Waals surface area (Å²) in [6, 6.07) is 24.7. The summed E-state index contributed by atoms with van der Waals surface area (Å²) < 4.78 is 0. The number of hydrogen-bond acceptors (Lipinski definition) is 2. The Kier molecular flexibility index (Phi) is 3.36. The van der Waals surface area contributed by atoms with Crippen LogP contribution in [0.25, 0.3) is 0 Å². The number of carbonyl (C=O) groups is 1. The van der Waals surface area contributed by atoms with E-state index in [0.29, 0.717) is 11.1 Å². The molecular formula is C22H18O2. The first-order valence-electron chi connectivity index (χ1n) is 8.10. The average Bonchev–Trinajstić information content (AvgIpc) is 2.86. The lowest BCUT2D eigenvalue weighted by Gasteiger charge is -2.31. The van der Waals surface area contributed by atoms with Gasteiger partial charge in [-0.2, -0.15) is 0 Å². The highest BCUT2D eigenvalue weighted by Crippen LogP contribution is 2.50. The summed E-state index contributed by atoms with van der Waals surface area (Å²) in [6.45, 7) is 2.01. The zero-order chi connectivity index (χ0) is 16.7. The van der Waals surface area contributed by atoms with E-state index < -0.39 is 11.5 Å². The van der Waals surface area contributed by atoms with Crippen molar-refractivity contribution in [1.29, 1.82) is 0 Å². The van der Waals surface area contributed by atoms with Crippen molar-refractivity contribution < 1.29 is 9.90 Å². The Bertz CT molecular complexity index is 897. The molecule has 0 saturated carbocycles. The number of Topliss-reactive ketones (excluding diaryl/α,β-unsaturated/α-hetero) is 1. The third-order valence-electron chi connectivity index (χ3n) is 4.91. The number of fused-ring (bicyclic) bond motifs is 1. The largest absolute Gasteiger partial charge is 0.379 e. The van der Waals surface area contributed by atoms with Gasteiger partial charge >= 0.3 is 0 Å². The average molecular weight is 314 g/mol. The number of ketones is 1. The molecule has 2 heteroatoms. The fraction of sp³-hybridized carbons (Fsp3) is 0.136. The van der Waals surface area contributed by atoms with Crippen LogP contribution in [0.4, 0.5) is 0 Å². The molecule has 0 bridgehead atoms. The molecule has 0 amide bonds. The first-order chi connectivity index (χ1) is 11.6. The molecule has 2 nitrogen and oxygen atoms in total. The van der Waals surface area contributed by atoms with Gasteiger partial charge in [-0.25, -0.2) is 0 Å². The molecule has 1 N–H and O–H groups in total. The third kappa shape index (κ3) is 2.04. The minimum Gasteiger partial charge on any atom is -0.379 e. The quantitative estimate of drug-likeness (QED) is 0.769. The molecule has 2 atom stereocenters. The molecule has 0 heterocycles. The Labute approximate surface area is 141 Å². The monoisotopic (exact) mass is 314 g/mol. The topological polar surface area (TPSA) is 37.3 Å². The van der Waals surface area contributed by atoms with E-state index in [1.807, 2.05) is 79.7 Å². The lowest BCUT2D eigenvalue weighted by molar-refractivity contribution is 0.0533. The number of hydrogen-bond donors (Lipinski definition) is 1. The molecule has 0 aromatic heterocycles. The summed E-state index contributed by atoms with van der Waals surface area (Å²) in [5.41, 5.74) is 2.66. The molecule has 0 saturated heterocycles. The SMILES string of the molecule is Cc1ccc(C2C(=O)c3ccccc3C2(O)c2ccccc2)cc1. The molecule has 3 aromatic rings. The second-order valence-corrected chi connectivity index (χ2v) is 6.39. The number of carbonyl (C=O) groups excluding carboxylic acids is 1. The minimum atomic E-state index is -1.34. The normalized spacial score (nSPS) is 22.4. The molecule has 0 radical (unpaired) electrons. The lowest BCUT2D eigenvalue weighted by Crippen LogP contribution is -2.33. The van der Waals surface area contributed by atoms with E-state index in [1.54, 1.807) is 6.07 Å². The Balaban J connectivity index is 1.98. The predicted octanol–water partition coefficient (Wildman–Crippen LogP) is 4.21. The highest BCUT2D eigenvalue weighted by atomic mass is 16.3. The Morgan fingerprint density at radius 2 is 1.46 bits per heavy atom. The highest BCUT2D eigenvalue weighted by Gasteiger charge is 2.52. The smallest absolute Gasteiger partial charge is 0.174 e. The Morgan fingerprint density at radius 1 is 0.833 bits per heavy atom. The number of aliphatic hydroxyl groups is 1. The van der Waals surface area contributed by atoms with Gasteiger partial charge in [-0.3, -0.25) is 4.79 Å². The molecule has 24 heavy (non-hydrogen) atoms. The van der Waals surface area contributed by atoms with Crippen LogP contribution in [0.15, 0.2) is 78.9 Å². The summed E-state index contributed by atoms with van der Waals surface area (Å²) in [5.74, 6) is -0.654.